The minimum Gasteiger partial charge on any atom is -0.476 e. The number of carboxylic acids is 1. The monoisotopic (exact) mass is 188 g/mol. The Morgan fingerprint density at radius 1 is 1.31 bits per heavy atom. The molecule has 0 atom stereocenters. The molecule has 0 saturated carbocycles. The van der Waals surface area contributed by atoms with Crippen molar-refractivity contribution in [2.75, 3.05) is 0 Å². The number of aliphatic carboxylic acids is 1. The SMILES string of the molecule is CCCCC/C(CC)=C(\F)C(=O)O. The van der Waals surface area contributed by atoms with Crippen LogP contribution in [0, 0.1) is 0 Å². The molecule has 76 valence electrons. The van der Waals surface area contributed by atoms with E-state index in [9.17, 15) is 9.18 Å². The molecule has 0 aromatic rings. The highest BCUT2D eigenvalue weighted by molar-refractivity contribution is 5.84. The van der Waals surface area contributed by atoms with Gasteiger partial charge in [-0.25, -0.2) is 4.79 Å². The van der Waals surface area contributed by atoms with Crippen molar-refractivity contribution in [3.8, 4) is 0 Å². The van der Waals surface area contributed by atoms with E-state index >= 15 is 0 Å². The van der Waals surface area contributed by atoms with Crippen molar-refractivity contribution >= 4 is 5.97 Å². The van der Waals surface area contributed by atoms with Crippen molar-refractivity contribution < 1.29 is 14.3 Å². The molecule has 3 heteroatoms. The number of allylic oxidation sites excluding steroid dienone is 1. The maximum atomic E-state index is 12.9. The lowest BCUT2D eigenvalue weighted by Gasteiger charge is -2.03. The minimum atomic E-state index is -1.44. The molecule has 0 bridgehead atoms. The Balaban J connectivity index is 4.15. The van der Waals surface area contributed by atoms with Gasteiger partial charge in [-0.3, -0.25) is 0 Å². The van der Waals surface area contributed by atoms with Crippen LogP contribution < -0.4 is 0 Å². The Kier molecular flexibility index (Phi) is 6.20. The molecule has 1 N–H and O–H groups in total. The maximum Gasteiger partial charge on any atom is 0.364 e. The van der Waals surface area contributed by atoms with E-state index in [1.165, 1.54) is 0 Å². The Labute approximate surface area is 78.5 Å². The number of carbonyl (C=O) groups is 1. The molecule has 0 aromatic carbocycles. The van der Waals surface area contributed by atoms with Gasteiger partial charge >= 0.3 is 5.97 Å². The second-order valence-electron chi connectivity index (χ2n) is 3.03. The standard InChI is InChI=1S/C10H17FO2/c1-3-5-6-7-8(4-2)9(11)10(12)13/h3-7H2,1-2H3,(H,12,13)/b9-8-. The molecule has 13 heavy (non-hydrogen) atoms. The van der Waals surface area contributed by atoms with Crippen LogP contribution in [-0.4, -0.2) is 11.1 Å². The van der Waals surface area contributed by atoms with Crippen LogP contribution >= 0.6 is 0 Å². The summed E-state index contributed by atoms with van der Waals surface area (Å²) in [5, 5.41) is 8.41. The molecule has 0 heterocycles. The lowest BCUT2D eigenvalue weighted by molar-refractivity contribution is -0.134. The van der Waals surface area contributed by atoms with Crippen molar-refractivity contribution in [2.45, 2.75) is 46.0 Å². The van der Waals surface area contributed by atoms with E-state index in [-0.39, 0.29) is 0 Å². The van der Waals surface area contributed by atoms with Crippen LogP contribution in [0.3, 0.4) is 0 Å². The van der Waals surface area contributed by atoms with Gasteiger partial charge in [-0.2, -0.15) is 4.39 Å². The van der Waals surface area contributed by atoms with Crippen LogP contribution in [0.25, 0.3) is 0 Å². The molecule has 0 spiro atoms. The van der Waals surface area contributed by atoms with E-state index in [2.05, 4.69) is 6.92 Å². The van der Waals surface area contributed by atoms with E-state index in [0.717, 1.165) is 19.3 Å². The van der Waals surface area contributed by atoms with Crippen molar-refractivity contribution in [1.82, 2.24) is 0 Å². The fraction of sp³-hybridized carbons (Fsp3) is 0.700. The number of halogens is 1. The largest absolute Gasteiger partial charge is 0.476 e. The summed E-state index contributed by atoms with van der Waals surface area (Å²) in [6.45, 7) is 3.84. The highest BCUT2D eigenvalue weighted by Gasteiger charge is 2.11. The Morgan fingerprint density at radius 3 is 2.31 bits per heavy atom. The summed E-state index contributed by atoms with van der Waals surface area (Å²) in [5.41, 5.74) is 0.431. The fourth-order valence-corrected chi connectivity index (χ4v) is 1.18. The van der Waals surface area contributed by atoms with Gasteiger partial charge in [0.05, 0.1) is 0 Å². The molecule has 0 aliphatic rings. The van der Waals surface area contributed by atoms with Gasteiger partial charge in [-0.1, -0.05) is 26.7 Å². The van der Waals surface area contributed by atoms with Gasteiger partial charge < -0.3 is 5.11 Å². The summed E-state index contributed by atoms with van der Waals surface area (Å²) in [4.78, 5) is 10.3. The first-order chi connectivity index (χ1) is 6.13. The molecule has 0 radical (unpaired) electrons. The van der Waals surface area contributed by atoms with Crippen molar-refractivity contribution in [1.29, 1.82) is 0 Å². The van der Waals surface area contributed by atoms with Crippen LogP contribution in [0.15, 0.2) is 11.4 Å². The molecular weight excluding hydrogens is 171 g/mol. The summed E-state index contributed by atoms with van der Waals surface area (Å²) in [6.07, 6.45) is 4.02. The molecule has 0 amide bonds. The molecule has 0 fully saturated rings. The highest BCUT2D eigenvalue weighted by Crippen LogP contribution is 2.17. The van der Waals surface area contributed by atoms with Gasteiger partial charge in [0.1, 0.15) is 0 Å². The topological polar surface area (TPSA) is 37.3 Å². The van der Waals surface area contributed by atoms with Crippen LogP contribution in [0.5, 0.6) is 0 Å². The van der Waals surface area contributed by atoms with E-state index < -0.39 is 11.8 Å². The zero-order valence-corrected chi connectivity index (χ0v) is 8.27. The van der Waals surface area contributed by atoms with Crippen LogP contribution in [0.4, 0.5) is 4.39 Å². The average Bonchev–Trinajstić information content (AvgIpc) is 2.11. The molecule has 0 saturated heterocycles. The average molecular weight is 188 g/mol. The van der Waals surface area contributed by atoms with Crippen LogP contribution in [0.1, 0.15) is 46.0 Å². The van der Waals surface area contributed by atoms with Gasteiger partial charge in [0.2, 0.25) is 5.83 Å². The normalized spacial score (nSPS) is 12.5. The lowest BCUT2D eigenvalue weighted by Crippen LogP contribution is -1.99. The van der Waals surface area contributed by atoms with Crippen molar-refractivity contribution in [3.63, 3.8) is 0 Å². The molecule has 0 rings (SSSR count). The quantitative estimate of drug-likeness (QED) is 0.513. The number of hydrogen-bond acceptors (Lipinski definition) is 1. The third-order valence-electron chi connectivity index (χ3n) is 2.01. The number of rotatable bonds is 6. The predicted octanol–water partition coefficient (Wildman–Crippen LogP) is 3.28. The van der Waals surface area contributed by atoms with Gasteiger partial charge in [0, 0.05) is 0 Å². The minimum absolute atomic E-state index is 0.431. The van der Waals surface area contributed by atoms with Gasteiger partial charge in [-0.15, -0.1) is 0 Å². The molecule has 0 aliphatic carbocycles. The van der Waals surface area contributed by atoms with E-state index in [4.69, 9.17) is 5.11 Å². The molecule has 0 unspecified atom stereocenters. The molecule has 0 aliphatic heterocycles. The second kappa shape index (κ2) is 6.63. The van der Waals surface area contributed by atoms with E-state index in [1.807, 2.05) is 0 Å². The number of hydrogen-bond donors (Lipinski definition) is 1. The van der Waals surface area contributed by atoms with Crippen LogP contribution in [-0.2, 0) is 4.79 Å². The first kappa shape index (κ1) is 12.1. The molecule has 0 aromatic heterocycles. The fourth-order valence-electron chi connectivity index (χ4n) is 1.18. The van der Waals surface area contributed by atoms with Crippen LogP contribution in [0.2, 0.25) is 0 Å². The van der Waals surface area contributed by atoms with Gasteiger partial charge in [0.15, 0.2) is 0 Å². The zero-order valence-electron chi connectivity index (χ0n) is 8.27. The molecular formula is C10H17FO2. The van der Waals surface area contributed by atoms with Gasteiger partial charge in [-0.05, 0) is 24.8 Å². The summed E-state index contributed by atoms with van der Waals surface area (Å²) in [6, 6.07) is 0. The Hall–Kier alpha value is -0.860. The zero-order chi connectivity index (χ0) is 10.3. The third kappa shape index (κ3) is 4.65. The summed E-state index contributed by atoms with van der Waals surface area (Å²) in [5.74, 6) is -2.40. The Morgan fingerprint density at radius 2 is 1.92 bits per heavy atom. The lowest BCUT2D eigenvalue weighted by atomic mass is 10.0. The van der Waals surface area contributed by atoms with E-state index in [0.29, 0.717) is 18.4 Å². The summed E-state index contributed by atoms with van der Waals surface area (Å²) >= 11 is 0. The first-order valence-electron chi connectivity index (χ1n) is 4.74. The predicted molar refractivity (Wildman–Crippen MR) is 50.2 cm³/mol. The number of carboxylic acid groups (broad SMARTS) is 1. The van der Waals surface area contributed by atoms with Crippen molar-refractivity contribution in [2.24, 2.45) is 0 Å². The maximum absolute atomic E-state index is 12.9. The van der Waals surface area contributed by atoms with E-state index in [1.54, 1.807) is 6.92 Å². The summed E-state index contributed by atoms with van der Waals surface area (Å²) in [7, 11) is 0. The highest BCUT2D eigenvalue weighted by atomic mass is 19.1. The Bertz CT molecular complexity index is 197. The van der Waals surface area contributed by atoms with Crippen molar-refractivity contribution in [3.05, 3.63) is 11.4 Å². The second-order valence-corrected chi connectivity index (χ2v) is 3.03. The van der Waals surface area contributed by atoms with Gasteiger partial charge in [0.25, 0.3) is 0 Å². The smallest absolute Gasteiger partial charge is 0.364 e. The summed E-state index contributed by atoms with van der Waals surface area (Å²) < 4.78 is 12.9. The molecule has 2 nitrogen and oxygen atoms in total. The number of unbranched alkanes of at least 4 members (excludes halogenated alkanes) is 2. The first-order valence-corrected chi connectivity index (χ1v) is 4.74. The third-order valence-corrected chi connectivity index (χ3v) is 2.01.